The Bertz CT molecular complexity index is 270. The molecule has 2 unspecified atom stereocenters. The average molecular weight is 212 g/mol. The van der Waals surface area contributed by atoms with Crippen molar-refractivity contribution in [1.82, 2.24) is 10.3 Å². The van der Waals surface area contributed by atoms with Crippen molar-refractivity contribution in [3.8, 4) is 0 Å². The third kappa shape index (κ3) is 3.07. The van der Waals surface area contributed by atoms with E-state index in [9.17, 15) is 0 Å². The van der Waals surface area contributed by atoms with Crippen molar-refractivity contribution < 1.29 is 0 Å². The van der Waals surface area contributed by atoms with Crippen LogP contribution in [0.1, 0.15) is 50.2 Å². The SMILES string of the molecule is CCCC(C)NC(C)c1scnc1C. The standard InChI is InChI=1S/C11H20N2S/c1-5-6-8(2)13-10(4)11-9(3)12-7-14-11/h7-8,10,13H,5-6H2,1-4H3. The van der Waals surface area contributed by atoms with E-state index in [0.29, 0.717) is 12.1 Å². The number of nitrogens with one attached hydrogen (secondary N) is 1. The third-order valence-corrected chi connectivity index (χ3v) is 3.55. The van der Waals surface area contributed by atoms with Gasteiger partial charge in [0, 0.05) is 17.0 Å². The van der Waals surface area contributed by atoms with Crippen molar-refractivity contribution in [3.05, 3.63) is 16.1 Å². The smallest absolute Gasteiger partial charge is 0.0798 e. The van der Waals surface area contributed by atoms with Gasteiger partial charge in [-0.05, 0) is 27.2 Å². The maximum atomic E-state index is 4.27. The molecule has 0 amide bonds. The summed E-state index contributed by atoms with van der Waals surface area (Å²) >= 11 is 1.74. The highest BCUT2D eigenvalue weighted by Crippen LogP contribution is 2.21. The van der Waals surface area contributed by atoms with Crippen molar-refractivity contribution in [2.45, 2.75) is 52.6 Å². The lowest BCUT2D eigenvalue weighted by atomic mass is 10.1. The molecule has 1 aromatic heterocycles. The molecule has 14 heavy (non-hydrogen) atoms. The molecule has 2 nitrogen and oxygen atoms in total. The number of hydrogen-bond donors (Lipinski definition) is 1. The number of nitrogens with zero attached hydrogens (tertiary/aromatic N) is 1. The summed E-state index contributed by atoms with van der Waals surface area (Å²) in [6.45, 7) is 8.76. The molecular formula is C11H20N2S. The minimum atomic E-state index is 0.434. The fourth-order valence-electron chi connectivity index (χ4n) is 1.75. The second kappa shape index (κ2) is 5.47. The molecule has 0 saturated heterocycles. The van der Waals surface area contributed by atoms with E-state index < -0.39 is 0 Å². The highest BCUT2D eigenvalue weighted by molar-refractivity contribution is 7.09. The lowest BCUT2D eigenvalue weighted by molar-refractivity contribution is 0.455. The Balaban J connectivity index is 2.50. The van der Waals surface area contributed by atoms with Crippen LogP contribution in [-0.4, -0.2) is 11.0 Å². The summed E-state index contributed by atoms with van der Waals surface area (Å²) in [5.74, 6) is 0. The van der Waals surface area contributed by atoms with E-state index in [1.165, 1.54) is 23.4 Å². The van der Waals surface area contributed by atoms with Gasteiger partial charge in [-0.1, -0.05) is 13.3 Å². The molecule has 1 heterocycles. The van der Waals surface area contributed by atoms with Gasteiger partial charge in [0.15, 0.2) is 0 Å². The molecule has 0 radical (unpaired) electrons. The molecule has 0 aromatic carbocycles. The summed E-state index contributed by atoms with van der Waals surface area (Å²) in [6.07, 6.45) is 2.48. The van der Waals surface area contributed by atoms with Gasteiger partial charge in [-0.15, -0.1) is 11.3 Å². The van der Waals surface area contributed by atoms with Crippen molar-refractivity contribution in [2.24, 2.45) is 0 Å². The first-order chi connectivity index (χ1) is 6.65. The van der Waals surface area contributed by atoms with Crippen LogP contribution in [0.2, 0.25) is 0 Å². The summed E-state index contributed by atoms with van der Waals surface area (Å²) in [5.41, 5.74) is 3.09. The number of aryl methyl sites for hydroxylation is 1. The average Bonchev–Trinajstić information content (AvgIpc) is 2.51. The minimum Gasteiger partial charge on any atom is -0.307 e. The maximum absolute atomic E-state index is 4.27. The zero-order chi connectivity index (χ0) is 10.6. The van der Waals surface area contributed by atoms with E-state index >= 15 is 0 Å². The summed E-state index contributed by atoms with van der Waals surface area (Å²) in [5, 5.41) is 3.59. The van der Waals surface area contributed by atoms with Gasteiger partial charge in [0.1, 0.15) is 0 Å². The predicted molar refractivity (Wildman–Crippen MR) is 62.8 cm³/mol. The Hall–Kier alpha value is -0.410. The van der Waals surface area contributed by atoms with E-state index in [1.807, 2.05) is 5.51 Å². The zero-order valence-electron chi connectivity index (χ0n) is 9.50. The molecule has 80 valence electrons. The van der Waals surface area contributed by atoms with Crippen LogP contribution >= 0.6 is 11.3 Å². The highest BCUT2D eigenvalue weighted by atomic mass is 32.1. The second-order valence-corrected chi connectivity index (χ2v) is 4.77. The number of thiazole rings is 1. The van der Waals surface area contributed by atoms with Gasteiger partial charge < -0.3 is 5.32 Å². The van der Waals surface area contributed by atoms with Crippen LogP contribution in [-0.2, 0) is 0 Å². The molecule has 0 aliphatic carbocycles. The van der Waals surface area contributed by atoms with E-state index in [4.69, 9.17) is 0 Å². The molecular weight excluding hydrogens is 192 g/mol. The van der Waals surface area contributed by atoms with Crippen LogP contribution in [0.15, 0.2) is 5.51 Å². The minimum absolute atomic E-state index is 0.434. The Morgan fingerprint density at radius 3 is 2.71 bits per heavy atom. The highest BCUT2D eigenvalue weighted by Gasteiger charge is 2.12. The molecule has 0 aliphatic rings. The van der Waals surface area contributed by atoms with E-state index in [0.717, 1.165) is 0 Å². The maximum Gasteiger partial charge on any atom is 0.0798 e. The number of rotatable bonds is 5. The van der Waals surface area contributed by atoms with Crippen LogP contribution in [0.4, 0.5) is 0 Å². The third-order valence-electron chi connectivity index (χ3n) is 2.43. The lowest BCUT2D eigenvalue weighted by Crippen LogP contribution is -2.28. The molecule has 1 rings (SSSR count). The van der Waals surface area contributed by atoms with Crippen LogP contribution in [0.25, 0.3) is 0 Å². The molecule has 0 aliphatic heterocycles. The van der Waals surface area contributed by atoms with Crippen LogP contribution < -0.4 is 5.32 Å². The first-order valence-electron chi connectivity index (χ1n) is 5.31. The Labute approximate surface area is 90.8 Å². The van der Waals surface area contributed by atoms with Crippen LogP contribution in [0, 0.1) is 6.92 Å². The Morgan fingerprint density at radius 2 is 2.21 bits per heavy atom. The molecule has 1 aromatic rings. The van der Waals surface area contributed by atoms with Crippen molar-refractivity contribution in [3.63, 3.8) is 0 Å². The molecule has 0 bridgehead atoms. The summed E-state index contributed by atoms with van der Waals surface area (Å²) in [7, 11) is 0. The largest absolute Gasteiger partial charge is 0.307 e. The lowest BCUT2D eigenvalue weighted by Gasteiger charge is -2.18. The topological polar surface area (TPSA) is 24.9 Å². The van der Waals surface area contributed by atoms with E-state index in [1.54, 1.807) is 11.3 Å². The van der Waals surface area contributed by atoms with Gasteiger partial charge in [-0.2, -0.15) is 0 Å². The number of aromatic nitrogens is 1. The van der Waals surface area contributed by atoms with Crippen LogP contribution in [0.3, 0.4) is 0 Å². The van der Waals surface area contributed by atoms with Crippen molar-refractivity contribution >= 4 is 11.3 Å². The molecule has 0 spiro atoms. The quantitative estimate of drug-likeness (QED) is 0.810. The summed E-state index contributed by atoms with van der Waals surface area (Å²) < 4.78 is 0. The summed E-state index contributed by atoms with van der Waals surface area (Å²) in [6, 6.07) is 1.03. The van der Waals surface area contributed by atoms with E-state index in [2.05, 4.69) is 38.0 Å². The Kier molecular flexibility index (Phi) is 4.55. The van der Waals surface area contributed by atoms with Gasteiger partial charge in [0.25, 0.3) is 0 Å². The van der Waals surface area contributed by atoms with Gasteiger partial charge in [0.2, 0.25) is 0 Å². The molecule has 0 saturated carbocycles. The molecule has 0 fully saturated rings. The van der Waals surface area contributed by atoms with Gasteiger partial charge in [-0.25, -0.2) is 4.98 Å². The van der Waals surface area contributed by atoms with Crippen molar-refractivity contribution in [2.75, 3.05) is 0 Å². The fraction of sp³-hybridized carbons (Fsp3) is 0.727. The van der Waals surface area contributed by atoms with Gasteiger partial charge in [-0.3, -0.25) is 0 Å². The van der Waals surface area contributed by atoms with Crippen LogP contribution in [0.5, 0.6) is 0 Å². The first kappa shape index (κ1) is 11.7. The fourth-order valence-corrected chi connectivity index (χ4v) is 2.57. The molecule has 3 heteroatoms. The monoisotopic (exact) mass is 212 g/mol. The Morgan fingerprint density at radius 1 is 1.50 bits per heavy atom. The zero-order valence-corrected chi connectivity index (χ0v) is 10.3. The first-order valence-corrected chi connectivity index (χ1v) is 6.19. The predicted octanol–water partition coefficient (Wildman–Crippen LogP) is 3.29. The normalized spacial score (nSPS) is 15.4. The number of hydrogen-bond acceptors (Lipinski definition) is 3. The molecule has 1 N–H and O–H groups in total. The summed E-state index contributed by atoms with van der Waals surface area (Å²) in [4.78, 5) is 5.64. The molecule has 2 atom stereocenters. The second-order valence-electron chi connectivity index (χ2n) is 3.88. The van der Waals surface area contributed by atoms with Gasteiger partial charge in [0.05, 0.1) is 11.2 Å². The van der Waals surface area contributed by atoms with Gasteiger partial charge >= 0.3 is 0 Å². The van der Waals surface area contributed by atoms with Crippen molar-refractivity contribution in [1.29, 1.82) is 0 Å². The van der Waals surface area contributed by atoms with E-state index in [-0.39, 0.29) is 0 Å².